The summed E-state index contributed by atoms with van der Waals surface area (Å²) >= 11 is 1.26. The van der Waals surface area contributed by atoms with Crippen molar-refractivity contribution in [3.05, 3.63) is 59.3 Å². The molecule has 2 rings (SSSR count). The van der Waals surface area contributed by atoms with Gasteiger partial charge in [0.1, 0.15) is 0 Å². The molecule has 0 radical (unpaired) electrons. The Morgan fingerprint density at radius 3 is 2.89 bits per heavy atom. The molecule has 0 spiro atoms. The van der Waals surface area contributed by atoms with E-state index in [2.05, 4.69) is 4.98 Å². The monoisotopic (exact) mass is 262 g/mol. The molecule has 0 fully saturated rings. The van der Waals surface area contributed by atoms with E-state index in [1.807, 2.05) is 6.07 Å². The third-order valence-corrected chi connectivity index (χ3v) is 3.25. The Bertz CT molecular complexity index is 608. The summed E-state index contributed by atoms with van der Waals surface area (Å²) < 4.78 is 26.4. The van der Waals surface area contributed by atoms with Crippen LogP contribution in [-0.2, 0) is 5.75 Å². The second-order valence-electron chi connectivity index (χ2n) is 3.50. The summed E-state index contributed by atoms with van der Waals surface area (Å²) in [7, 11) is 0. The van der Waals surface area contributed by atoms with Gasteiger partial charge in [-0.15, -0.1) is 11.8 Å². The Morgan fingerprint density at radius 1 is 1.28 bits per heavy atom. The largest absolute Gasteiger partial charge is 0.250 e. The van der Waals surface area contributed by atoms with Crippen LogP contribution in [0.2, 0.25) is 0 Å². The topological polar surface area (TPSA) is 36.7 Å². The molecule has 0 saturated carbocycles. The third-order valence-electron chi connectivity index (χ3n) is 2.27. The van der Waals surface area contributed by atoms with Crippen molar-refractivity contribution in [2.45, 2.75) is 10.8 Å². The predicted octanol–water partition coefficient (Wildman–Crippen LogP) is 3.52. The lowest BCUT2D eigenvalue weighted by atomic mass is 10.2. The molecule has 0 unspecified atom stereocenters. The molecule has 0 aliphatic carbocycles. The fourth-order valence-corrected chi connectivity index (χ4v) is 2.24. The zero-order valence-corrected chi connectivity index (χ0v) is 10.0. The summed E-state index contributed by atoms with van der Waals surface area (Å²) in [6, 6.07) is 9.28. The van der Waals surface area contributed by atoms with Gasteiger partial charge in [0, 0.05) is 17.5 Å². The van der Waals surface area contributed by atoms with Gasteiger partial charge >= 0.3 is 0 Å². The zero-order valence-electron chi connectivity index (χ0n) is 9.23. The summed E-state index contributed by atoms with van der Waals surface area (Å²) in [4.78, 5) is 4.05. The van der Waals surface area contributed by atoms with Crippen molar-refractivity contribution in [3.8, 4) is 6.07 Å². The van der Waals surface area contributed by atoms with E-state index in [4.69, 9.17) is 5.26 Å². The van der Waals surface area contributed by atoms with Crippen LogP contribution in [0, 0.1) is 23.0 Å². The number of hydrogen-bond donors (Lipinski definition) is 0. The molecule has 0 aliphatic heterocycles. The summed E-state index contributed by atoms with van der Waals surface area (Å²) in [6.45, 7) is 0. The zero-order chi connectivity index (χ0) is 13.0. The number of nitrogens with zero attached hydrogens (tertiary/aromatic N) is 2. The molecule has 18 heavy (non-hydrogen) atoms. The van der Waals surface area contributed by atoms with Crippen LogP contribution >= 0.6 is 11.8 Å². The Balaban J connectivity index is 2.12. The maximum atomic E-state index is 13.4. The number of pyridine rings is 1. The normalized spacial score (nSPS) is 10.1. The molecule has 0 atom stereocenters. The van der Waals surface area contributed by atoms with Crippen molar-refractivity contribution in [2.24, 2.45) is 0 Å². The predicted molar refractivity (Wildman–Crippen MR) is 64.9 cm³/mol. The van der Waals surface area contributed by atoms with Gasteiger partial charge in [-0.3, -0.25) is 0 Å². The van der Waals surface area contributed by atoms with Crippen LogP contribution < -0.4 is 0 Å². The van der Waals surface area contributed by atoms with Crippen LogP contribution in [0.1, 0.15) is 11.1 Å². The maximum absolute atomic E-state index is 13.4. The van der Waals surface area contributed by atoms with Gasteiger partial charge in [-0.2, -0.15) is 5.26 Å². The smallest absolute Gasteiger partial charge is 0.162 e. The van der Waals surface area contributed by atoms with E-state index in [9.17, 15) is 8.78 Å². The van der Waals surface area contributed by atoms with Crippen molar-refractivity contribution in [2.75, 3.05) is 0 Å². The average Bonchev–Trinajstić information content (AvgIpc) is 2.41. The summed E-state index contributed by atoms with van der Waals surface area (Å²) in [6.07, 6.45) is 1.52. The first-order chi connectivity index (χ1) is 8.70. The number of rotatable bonds is 3. The highest BCUT2D eigenvalue weighted by Gasteiger charge is 2.08. The first kappa shape index (κ1) is 12.5. The number of hydrogen-bond acceptors (Lipinski definition) is 3. The standard InChI is InChI=1S/C13H8F2N2S/c14-11-3-1-2-10(13(11)15)8-18-12-6-9(7-16)4-5-17-12/h1-6H,8H2. The van der Waals surface area contributed by atoms with E-state index >= 15 is 0 Å². The lowest BCUT2D eigenvalue weighted by Gasteiger charge is -2.03. The molecule has 0 aliphatic rings. The van der Waals surface area contributed by atoms with Gasteiger partial charge in [-0.05, 0) is 18.2 Å². The second kappa shape index (κ2) is 5.61. The van der Waals surface area contributed by atoms with Crippen LogP contribution in [0.15, 0.2) is 41.6 Å². The van der Waals surface area contributed by atoms with E-state index in [1.165, 1.54) is 30.1 Å². The highest BCUT2D eigenvalue weighted by Crippen LogP contribution is 2.23. The van der Waals surface area contributed by atoms with Gasteiger partial charge in [-0.25, -0.2) is 13.8 Å². The highest BCUT2D eigenvalue weighted by atomic mass is 32.2. The highest BCUT2D eigenvalue weighted by molar-refractivity contribution is 7.98. The van der Waals surface area contributed by atoms with Crippen LogP contribution in [-0.4, -0.2) is 4.98 Å². The molecule has 1 aromatic carbocycles. The molecule has 90 valence electrons. The van der Waals surface area contributed by atoms with Gasteiger partial charge in [0.2, 0.25) is 0 Å². The minimum absolute atomic E-state index is 0.269. The fourth-order valence-electron chi connectivity index (χ4n) is 1.37. The summed E-state index contributed by atoms with van der Waals surface area (Å²) in [5.74, 6) is -1.42. The van der Waals surface area contributed by atoms with E-state index in [0.29, 0.717) is 10.6 Å². The number of benzene rings is 1. The quantitative estimate of drug-likeness (QED) is 0.794. The van der Waals surface area contributed by atoms with Crippen LogP contribution in [0.25, 0.3) is 0 Å². The molecule has 0 N–H and O–H groups in total. The van der Waals surface area contributed by atoms with Crippen molar-refractivity contribution in [3.63, 3.8) is 0 Å². The Morgan fingerprint density at radius 2 is 2.11 bits per heavy atom. The molecule has 1 aromatic heterocycles. The van der Waals surface area contributed by atoms with Gasteiger partial charge in [0.15, 0.2) is 11.6 Å². The molecule has 2 nitrogen and oxygen atoms in total. The van der Waals surface area contributed by atoms with E-state index < -0.39 is 11.6 Å². The first-order valence-corrected chi connectivity index (χ1v) is 6.11. The van der Waals surface area contributed by atoms with Gasteiger partial charge in [0.05, 0.1) is 16.7 Å². The number of thioether (sulfide) groups is 1. The molecule has 0 amide bonds. The third kappa shape index (κ3) is 2.84. The van der Waals surface area contributed by atoms with Crippen molar-refractivity contribution in [1.29, 1.82) is 5.26 Å². The first-order valence-electron chi connectivity index (χ1n) is 5.12. The fraction of sp³-hybridized carbons (Fsp3) is 0.0769. The number of aromatic nitrogens is 1. The van der Waals surface area contributed by atoms with Gasteiger partial charge < -0.3 is 0 Å². The minimum Gasteiger partial charge on any atom is -0.250 e. The lowest BCUT2D eigenvalue weighted by Crippen LogP contribution is -1.92. The molecular formula is C13H8F2N2S. The van der Waals surface area contributed by atoms with Crippen LogP contribution in [0.5, 0.6) is 0 Å². The van der Waals surface area contributed by atoms with Crippen molar-refractivity contribution in [1.82, 2.24) is 4.98 Å². The SMILES string of the molecule is N#Cc1ccnc(SCc2cccc(F)c2F)c1. The summed E-state index contributed by atoms with van der Waals surface area (Å²) in [5, 5.41) is 9.34. The van der Waals surface area contributed by atoms with E-state index in [-0.39, 0.29) is 11.3 Å². The molecule has 5 heteroatoms. The molecule has 2 aromatic rings. The van der Waals surface area contributed by atoms with Crippen molar-refractivity contribution >= 4 is 11.8 Å². The van der Waals surface area contributed by atoms with E-state index in [1.54, 1.807) is 12.1 Å². The van der Waals surface area contributed by atoms with Crippen molar-refractivity contribution < 1.29 is 8.78 Å². The number of nitriles is 1. The summed E-state index contributed by atoms with van der Waals surface area (Å²) in [5.41, 5.74) is 0.774. The molecule has 0 saturated heterocycles. The minimum atomic E-state index is -0.855. The average molecular weight is 262 g/mol. The lowest BCUT2D eigenvalue weighted by molar-refractivity contribution is 0.502. The maximum Gasteiger partial charge on any atom is 0.162 e. The van der Waals surface area contributed by atoms with Crippen LogP contribution in [0.3, 0.4) is 0 Å². The Kier molecular flexibility index (Phi) is 3.90. The molecule has 1 heterocycles. The van der Waals surface area contributed by atoms with Gasteiger partial charge in [-0.1, -0.05) is 12.1 Å². The van der Waals surface area contributed by atoms with Crippen LogP contribution in [0.4, 0.5) is 8.78 Å². The van der Waals surface area contributed by atoms with Gasteiger partial charge in [0.25, 0.3) is 0 Å². The number of halogens is 2. The second-order valence-corrected chi connectivity index (χ2v) is 4.49. The van der Waals surface area contributed by atoms with E-state index in [0.717, 1.165) is 6.07 Å². The molecular weight excluding hydrogens is 254 g/mol. The molecule has 0 bridgehead atoms. The Hall–Kier alpha value is -1.93. The Labute approximate surface area is 107 Å².